The number of hydrogen-bond acceptors (Lipinski definition) is 3. The molecule has 4 heteroatoms. The Labute approximate surface area is 147 Å². The first-order valence-corrected chi connectivity index (χ1v) is 9.03. The molecule has 2 aromatic rings. The van der Waals surface area contributed by atoms with E-state index in [9.17, 15) is 4.79 Å². The second kappa shape index (κ2) is 6.52. The Kier molecular flexibility index (Phi) is 4.22. The predicted molar refractivity (Wildman–Crippen MR) is 100 cm³/mol. The third-order valence-corrected chi connectivity index (χ3v) is 5.22. The van der Waals surface area contributed by atoms with E-state index in [0.29, 0.717) is 24.4 Å². The zero-order valence-corrected chi connectivity index (χ0v) is 14.8. The highest BCUT2D eigenvalue weighted by molar-refractivity contribution is 5.68. The Bertz CT molecular complexity index is 901. The highest BCUT2D eigenvalue weighted by atomic mass is 16.4. The minimum atomic E-state index is -0.296. The molecule has 4 nitrogen and oxygen atoms in total. The Morgan fingerprint density at radius 1 is 1.36 bits per heavy atom. The zero-order valence-electron chi connectivity index (χ0n) is 14.8. The Balaban J connectivity index is 1.64. The van der Waals surface area contributed by atoms with E-state index >= 15 is 0 Å². The van der Waals surface area contributed by atoms with Gasteiger partial charge < -0.3 is 9.73 Å². The third-order valence-electron chi connectivity index (χ3n) is 5.22. The van der Waals surface area contributed by atoms with Gasteiger partial charge in [-0.3, -0.25) is 4.57 Å². The van der Waals surface area contributed by atoms with E-state index in [0.717, 1.165) is 17.7 Å². The SMILES string of the molecule is CC=Cc1c(C)oc(=O)n1Cc1cccc(C2=CC3CCC(C2)N3)c1. The Morgan fingerprint density at radius 3 is 3.04 bits per heavy atom. The first-order valence-electron chi connectivity index (χ1n) is 9.03. The van der Waals surface area contributed by atoms with Crippen molar-refractivity contribution >= 4 is 11.6 Å². The van der Waals surface area contributed by atoms with Crippen LogP contribution in [-0.4, -0.2) is 16.7 Å². The summed E-state index contributed by atoms with van der Waals surface area (Å²) >= 11 is 0. The van der Waals surface area contributed by atoms with E-state index in [4.69, 9.17) is 4.42 Å². The van der Waals surface area contributed by atoms with Crippen LogP contribution in [0.4, 0.5) is 0 Å². The lowest BCUT2D eigenvalue weighted by Gasteiger charge is -2.22. The molecule has 3 heterocycles. The molecule has 1 N–H and O–H groups in total. The van der Waals surface area contributed by atoms with Gasteiger partial charge in [0, 0.05) is 12.1 Å². The molecule has 1 aromatic carbocycles. The van der Waals surface area contributed by atoms with Crippen LogP contribution < -0.4 is 11.1 Å². The van der Waals surface area contributed by atoms with Gasteiger partial charge in [-0.2, -0.15) is 0 Å². The standard InChI is InChI=1S/C21H24N2O2/c1-3-5-20-14(2)25-21(24)23(20)13-15-6-4-7-16(10-15)17-11-18-8-9-19(12-17)22-18/h3-7,10-11,18-19,22H,8-9,12-13H2,1-2H3. The van der Waals surface area contributed by atoms with Gasteiger partial charge in [-0.05, 0) is 62.0 Å². The first kappa shape index (κ1) is 16.2. The van der Waals surface area contributed by atoms with E-state index in [-0.39, 0.29) is 5.76 Å². The van der Waals surface area contributed by atoms with Gasteiger partial charge in [-0.25, -0.2) is 4.79 Å². The van der Waals surface area contributed by atoms with Crippen molar-refractivity contribution in [3.63, 3.8) is 0 Å². The predicted octanol–water partition coefficient (Wildman–Crippen LogP) is 3.74. The number of aryl methyl sites for hydroxylation is 1. The summed E-state index contributed by atoms with van der Waals surface area (Å²) in [7, 11) is 0. The smallest absolute Gasteiger partial charge is 0.413 e. The molecule has 2 bridgehead atoms. The van der Waals surface area contributed by atoms with E-state index in [1.54, 1.807) is 4.57 Å². The van der Waals surface area contributed by atoms with Crippen LogP contribution in [0, 0.1) is 6.92 Å². The molecule has 0 amide bonds. The fourth-order valence-corrected chi connectivity index (χ4v) is 4.03. The average Bonchev–Trinajstić information content (AvgIpc) is 3.08. The van der Waals surface area contributed by atoms with Crippen LogP contribution in [0.25, 0.3) is 11.6 Å². The first-order chi connectivity index (χ1) is 12.1. The summed E-state index contributed by atoms with van der Waals surface area (Å²) in [6.45, 7) is 4.31. The average molecular weight is 336 g/mol. The second-order valence-corrected chi connectivity index (χ2v) is 7.04. The molecule has 130 valence electrons. The van der Waals surface area contributed by atoms with Gasteiger partial charge >= 0.3 is 5.76 Å². The molecule has 2 aliphatic rings. The minimum Gasteiger partial charge on any atom is -0.413 e. The molecule has 2 unspecified atom stereocenters. The van der Waals surface area contributed by atoms with Crippen molar-refractivity contribution in [1.29, 1.82) is 0 Å². The molecule has 0 radical (unpaired) electrons. The van der Waals surface area contributed by atoms with E-state index < -0.39 is 0 Å². The molecule has 1 saturated heterocycles. The van der Waals surface area contributed by atoms with Crippen LogP contribution in [-0.2, 0) is 6.54 Å². The Hall–Kier alpha value is -2.33. The van der Waals surface area contributed by atoms with Crippen LogP contribution in [0.3, 0.4) is 0 Å². The number of aromatic nitrogens is 1. The summed E-state index contributed by atoms with van der Waals surface area (Å²) in [5, 5.41) is 3.63. The van der Waals surface area contributed by atoms with Crippen molar-refractivity contribution in [2.24, 2.45) is 0 Å². The molecular weight excluding hydrogens is 312 g/mol. The summed E-state index contributed by atoms with van der Waals surface area (Å²) in [4.78, 5) is 12.2. The number of nitrogens with one attached hydrogen (secondary N) is 1. The Morgan fingerprint density at radius 2 is 2.24 bits per heavy atom. The fraction of sp³-hybridized carbons (Fsp3) is 0.381. The van der Waals surface area contributed by atoms with Crippen LogP contribution in [0.15, 0.2) is 45.6 Å². The minimum absolute atomic E-state index is 0.296. The van der Waals surface area contributed by atoms with Gasteiger partial charge in [0.1, 0.15) is 5.76 Å². The molecule has 25 heavy (non-hydrogen) atoms. The lowest BCUT2D eigenvalue weighted by atomic mass is 9.95. The summed E-state index contributed by atoms with van der Waals surface area (Å²) in [5.74, 6) is 0.368. The summed E-state index contributed by atoms with van der Waals surface area (Å²) in [6, 6.07) is 9.70. The van der Waals surface area contributed by atoms with Crippen molar-refractivity contribution < 1.29 is 4.42 Å². The maximum absolute atomic E-state index is 12.2. The largest absolute Gasteiger partial charge is 0.419 e. The van der Waals surface area contributed by atoms with Gasteiger partial charge in [-0.15, -0.1) is 0 Å². The molecule has 1 aromatic heterocycles. The number of hydrogen-bond donors (Lipinski definition) is 1. The van der Waals surface area contributed by atoms with E-state index in [1.807, 2.05) is 26.0 Å². The van der Waals surface area contributed by atoms with Crippen LogP contribution in [0.2, 0.25) is 0 Å². The van der Waals surface area contributed by atoms with Crippen molar-refractivity contribution in [2.75, 3.05) is 0 Å². The highest BCUT2D eigenvalue weighted by Gasteiger charge is 2.28. The molecule has 2 aliphatic heterocycles. The number of nitrogens with zero attached hydrogens (tertiary/aromatic N) is 1. The molecular formula is C21H24N2O2. The molecule has 2 atom stereocenters. The van der Waals surface area contributed by atoms with Crippen molar-refractivity contribution in [3.8, 4) is 0 Å². The number of oxazole rings is 1. The van der Waals surface area contributed by atoms with Gasteiger partial charge in [0.05, 0.1) is 12.2 Å². The van der Waals surface area contributed by atoms with Gasteiger partial charge in [0.25, 0.3) is 0 Å². The lowest BCUT2D eigenvalue weighted by Crippen LogP contribution is -2.31. The van der Waals surface area contributed by atoms with Gasteiger partial charge in [0.15, 0.2) is 0 Å². The summed E-state index contributed by atoms with van der Waals surface area (Å²) < 4.78 is 6.99. The number of benzene rings is 1. The normalized spacial score (nSPS) is 22.6. The lowest BCUT2D eigenvalue weighted by molar-refractivity contribution is 0.466. The second-order valence-electron chi connectivity index (χ2n) is 7.04. The van der Waals surface area contributed by atoms with Crippen LogP contribution in [0.5, 0.6) is 0 Å². The van der Waals surface area contributed by atoms with Crippen LogP contribution in [0.1, 0.15) is 48.8 Å². The maximum atomic E-state index is 12.2. The van der Waals surface area contributed by atoms with Crippen LogP contribution >= 0.6 is 0 Å². The summed E-state index contributed by atoms with van der Waals surface area (Å²) in [6.07, 6.45) is 9.83. The van der Waals surface area contributed by atoms with Gasteiger partial charge in [-0.1, -0.05) is 30.4 Å². The maximum Gasteiger partial charge on any atom is 0.419 e. The fourth-order valence-electron chi connectivity index (χ4n) is 4.03. The highest BCUT2D eigenvalue weighted by Crippen LogP contribution is 2.32. The van der Waals surface area contributed by atoms with Crippen molar-refractivity contribution in [3.05, 3.63) is 69.5 Å². The van der Waals surface area contributed by atoms with Gasteiger partial charge in [0.2, 0.25) is 0 Å². The monoisotopic (exact) mass is 336 g/mol. The quantitative estimate of drug-likeness (QED) is 0.925. The molecule has 4 rings (SSSR count). The van der Waals surface area contributed by atoms with Crippen molar-refractivity contribution in [1.82, 2.24) is 9.88 Å². The third kappa shape index (κ3) is 3.14. The number of fused-ring (bicyclic) bond motifs is 2. The molecule has 1 fully saturated rings. The number of allylic oxidation sites excluding steroid dienone is 1. The van der Waals surface area contributed by atoms with E-state index in [2.05, 4.69) is 35.7 Å². The zero-order chi connectivity index (χ0) is 17.4. The van der Waals surface area contributed by atoms with E-state index in [1.165, 1.54) is 24.0 Å². The molecule has 0 aliphatic carbocycles. The topological polar surface area (TPSA) is 47.2 Å². The molecule has 0 saturated carbocycles. The van der Waals surface area contributed by atoms with Crippen molar-refractivity contribution in [2.45, 2.75) is 51.7 Å². The molecule has 0 spiro atoms. The summed E-state index contributed by atoms with van der Waals surface area (Å²) in [5.41, 5.74) is 4.67. The number of rotatable bonds is 4.